The standard InChI is InChI=1S/C21H25NO3/c1-14(2)17-10-6-8-15(3)20(17)22-19(23)13-12-16-9-7-11-18(24-4)21(16)25-5/h6-14H,1-5H3,(H,22,23)/b13-12+. The van der Waals surface area contributed by atoms with Gasteiger partial charge in [0.25, 0.3) is 0 Å². The Morgan fingerprint density at radius 2 is 1.80 bits per heavy atom. The van der Waals surface area contributed by atoms with Crippen molar-refractivity contribution in [3.05, 3.63) is 59.2 Å². The van der Waals surface area contributed by atoms with Gasteiger partial charge < -0.3 is 14.8 Å². The van der Waals surface area contributed by atoms with Gasteiger partial charge in [-0.3, -0.25) is 4.79 Å². The summed E-state index contributed by atoms with van der Waals surface area (Å²) in [6, 6.07) is 11.6. The molecule has 0 heterocycles. The Kier molecular flexibility index (Phi) is 6.23. The molecule has 2 aromatic carbocycles. The molecule has 25 heavy (non-hydrogen) atoms. The molecule has 0 saturated heterocycles. The van der Waals surface area contributed by atoms with E-state index in [2.05, 4.69) is 19.2 Å². The summed E-state index contributed by atoms with van der Waals surface area (Å²) in [6.45, 7) is 6.22. The van der Waals surface area contributed by atoms with Gasteiger partial charge in [-0.2, -0.15) is 0 Å². The Hall–Kier alpha value is -2.75. The first-order valence-electron chi connectivity index (χ1n) is 8.27. The number of rotatable bonds is 6. The molecule has 0 bridgehead atoms. The summed E-state index contributed by atoms with van der Waals surface area (Å²) in [7, 11) is 3.17. The van der Waals surface area contributed by atoms with Crippen LogP contribution in [0.3, 0.4) is 0 Å². The fourth-order valence-corrected chi connectivity index (χ4v) is 2.72. The van der Waals surface area contributed by atoms with Crippen LogP contribution in [0.25, 0.3) is 6.08 Å². The highest BCUT2D eigenvalue weighted by Gasteiger charge is 2.11. The normalized spacial score (nSPS) is 11.0. The lowest BCUT2D eigenvalue weighted by atomic mass is 9.98. The zero-order valence-electron chi connectivity index (χ0n) is 15.4. The van der Waals surface area contributed by atoms with E-state index in [9.17, 15) is 4.79 Å². The first kappa shape index (κ1) is 18.6. The van der Waals surface area contributed by atoms with Gasteiger partial charge in [0.05, 0.1) is 14.2 Å². The smallest absolute Gasteiger partial charge is 0.248 e. The average molecular weight is 339 g/mol. The Morgan fingerprint density at radius 3 is 2.44 bits per heavy atom. The highest BCUT2D eigenvalue weighted by molar-refractivity contribution is 6.03. The minimum atomic E-state index is -0.180. The summed E-state index contributed by atoms with van der Waals surface area (Å²) < 4.78 is 10.7. The highest BCUT2D eigenvalue weighted by atomic mass is 16.5. The number of ether oxygens (including phenoxy) is 2. The van der Waals surface area contributed by atoms with Gasteiger partial charge >= 0.3 is 0 Å². The number of hydrogen-bond donors (Lipinski definition) is 1. The van der Waals surface area contributed by atoms with Crippen molar-refractivity contribution in [1.82, 2.24) is 0 Å². The van der Waals surface area contributed by atoms with Crippen molar-refractivity contribution in [2.24, 2.45) is 0 Å². The maximum absolute atomic E-state index is 12.4. The maximum atomic E-state index is 12.4. The third-order valence-corrected chi connectivity index (χ3v) is 4.02. The van der Waals surface area contributed by atoms with Crippen molar-refractivity contribution in [3.8, 4) is 11.5 Å². The third-order valence-electron chi connectivity index (χ3n) is 4.02. The van der Waals surface area contributed by atoms with E-state index in [0.717, 1.165) is 22.4 Å². The Morgan fingerprint density at radius 1 is 1.08 bits per heavy atom. The molecule has 0 atom stereocenters. The second-order valence-electron chi connectivity index (χ2n) is 6.10. The molecule has 0 radical (unpaired) electrons. The quantitative estimate of drug-likeness (QED) is 0.770. The van der Waals surface area contributed by atoms with Crippen LogP contribution < -0.4 is 14.8 Å². The molecule has 1 N–H and O–H groups in total. The minimum absolute atomic E-state index is 0.180. The number of amides is 1. The molecule has 0 aliphatic heterocycles. The number of nitrogens with one attached hydrogen (secondary N) is 1. The molecule has 4 nitrogen and oxygen atoms in total. The number of carbonyl (C=O) groups is 1. The molecular weight excluding hydrogens is 314 g/mol. The predicted octanol–water partition coefficient (Wildman–Crippen LogP) is 4.79. The lowest BCUT2D eigenvalue weighted by Gasteiger charge is -2.15. The molecular formula is C21H25NO3. The number of benzene rings is 2. The van der Waals surface area contributed by atoms with Crippen molar-refractivity contribution < 1.29 is 14.3 Å². The topological polar surface area (TPSA) is 47.6 Å². The SMILES string of the molecule is COc1cccc(/C=C/C(=O)Nc2c(C)cccc2C(C)C)c1OC. The Bertz CT molecular complexity index is 779. The van der Waals surface area contributed by atoms with Gasteiger partial charge in [-0.05, 0) is 36.1 Å². The van der Waals surface area contributed by atoms with Crippen LogP contribution in [-0.2, 0) is 4.79 Å². The van der Waals surface area contributed by atoms with E-state index in [1.165, 1.54) is 6.08 Å². The molecule has 0 fully saturated rings. The minimum Gasteiger partial charge on any atom is -0.493 e. The van der Waals surface area contributed by atoms with E-state index < -0.39 is 0 Å². The monoisotopic (exact) mass is 339 g/mol. The van der Waals surface area contributed by atoms with Crippen LogP contribution in [0, 0.1) is 6.92 Å². The molecule has 0 aromatic heterocycles. The highest BCUT2D eigenvalue weighted by Crippen LogP contribution is 2.31. The number of anilines is 1. The molecule has 2 rings (SSSR count). The molecule has 0 saturated carbocycles. The fraction of sp³-hybridized carbons (Fsp3) is 0.286. The van der Waals surface area contributed by atoms with Gasteiger partial charge in [-0.25, -0.2) is 0 Å². The second kappa shape index (κ2) is 8.38. The van der Waals surface area contributed by atoms with E-state index in [1.807, 2.05) is 43.3 Å². The molecule has 0 aliphatic rings. The molecule has 132 valence electrons. The molecule has 0 unspecified atom stereocenters. The van der Waals surface area contributed by atoms with Crippen LogP contribution in [0.4, 0.5) is 5.69 Å². The second-order valence-corrected chi connectivity index (χ2v) is 6.10. The molecule has 0 spiro atoms. The van der Waals surface area contributed by atoms with Gasteiger partial charge in [0.1, 0.15) is 0 Å². The fourth-order valence-electron chi connectivity index (χ4n) is 2.72. The zero-order chi connectivity index (χ0) is 18.4. The third kappa shape index (κ3) is 4.41. The lowest BCUT2D eigenvalue weighted by molar-refractivity contribution is -0.111. The number of hydrogen-bond acceptors (Lipinski definition) is 3. The predicted molar refractivity (Wildman–Crippen MR) is 102 cm³/mol. The van der Waals surface area contributed by atoms with Crippen LogP contribution in [0.5, 0.6) is 11.5 Å². The van der Waals surface area contributed by atoms with Crippen LogP contribution in [-0.4, -0.2) is 20.1 Å². The van der Waals surface area contributed by atoms with Crippen LogP contribution in [0.1, 0.15) is 36.5 Å². The lowest BCUT2D eigenvalue weighted by Crippen LogP contribution is -2.11. The summed E-state index contributed by atoms with van der Waals surface area (Å²) in [5.41, 5.74) is 3.84. The van der Waals surface area contributed by atoms with E-state index >= 15 is 0 Å². The first-order chi connectivity index (χ1) is 12.0. The van der Waals surface area contributed by atoms with Crippen molar-refractivity contribution in [2.75, 3.05) is 19.5 Å². The van der Waals surface area contributed by atoms with Gasteiger partial charge in [-0.15, -0.1) is 0 Å². The number of methoxy groups -OCH3 is 2. The summed E-state index contributed by atoms with van der Waals surface area (Å²) in [6.07, 6.45) is 3.23. The van der Waals surface area contributed by atoms with Gasteiger partial charge in [-0.1, -0.05) is 44.2 Å². The molecule has 0 aliphatic carbocycles. The van der Waals surface area contributed by atoms with Gasteiger partial charge in [0.15, 0.2) is 11.5 Å². The summed E-state index contributed by atoms with van der Waals surface area (Å²) in [5, 5.41) is 3.00. The Balaban J connectivity index is 2.23. The van der Waals surface area contributed by atoms with Gasteiger partial charge in [0, 0.05) is 17.3 Å². The van der Waals surface area contributed by atoms with Crippen molar-refractivity contribution in [3.63, 3.8) is 0 Å². The first-order valence-corrected chi connectivity index (χ1v) is 8.27. The summed E-state index contributed by atoms with van der Waals surface area (Å²) >= 11 is 0. The van der Waals surface area contributed by atoms with E-state index in [0.29, 0.717) is 17.4 Å². The summed E-state index contributed by atoms with van der Waals surface area (Å²) in [5.74, 6) is 1.39. The summed E-state index contributed by atoms with van der Waals surface area (Å²) in [4.78, 5) is 12.4. The van der Waals surface area contributed by atoms with Crippen LogP contribution >= 0.6 is 0 Å². The molecule has 4 heteroatoms. The number of para-hydroxylation sites is 2. The van der Waals surface area contributed by atoms with Crippen molar-refractivity contribution in [2.45, 2.75) is 26.7 Å². The largest absolute Gasteiger partial charge is 0.493 e. The van der Waals surface area contributed by atoms with Crippen molar-refractivity contribution in [1.29, 1.82) is 0 Å². The number of aryl methyl sites for hydroxylation is 1. The molecule has 1 amide bonds. The maximum Gasteiger partial charge on any atom is 0.248 e. The average Bonchev–Trinajstić information content (AvgIpc) is 2.60. The molecule has 2 aromatic rings. The van der Waals surface area contributed by atoms with Crippen LogP contribution in [0.15, 0.2) is 42.5 Å². The van der Waals surface area contributed by atoms with Crippen molar-refractivity contribution >= 4 is 17.7 Å². The van der Waals surface area contributed by atoms with E-state index in [-0.39, 0.29) is 5.91 Å². The zero-order valence-corrected chi connectivity index (χ0v) is 15.4. The number of carbonyl (C=O) groups excluding carboxylic acids is 1. The van der Waals surface area contributed by atoms with E-state index in [4.69, 9.17) is 9.47 Å². The van der Waals surface area contributed by atoms with Crippen LogP contribution in [0.2, 0.25) is 0 Å². The van der Waals surface area contributed by atoms with E-state index in [1.54, 1.807) is 20.3 Å². The Labute approximate surface area is 149 Å². The van der Waals surface area contributed by atoms with Gasteiger partial charge in [0.2, 0.25) is 5.91 Å².